The number of halogens is 3. The summed E-state index contributed by atoms with van der Waals surface area (Å²) in [6.45, 7) is 5.49. The maximum Gasteiger partial charge on any atom is 0.416 e. The highest BCUT2D eigenvalue weighted by molar-refractivity contribution is 5.97. The van der Waals surface area contributed by atoms with Crippen molar-refractivity contribution in [2.45, 2.75) is 33.0 Å². The minimum Gasteiger partial charge on any atom is -0.365 e. The first kappa shape index (κ1) is 29.5. The van der Waals surface area contributed by atoms with E-state index in [1.165, 1.54) is 18.2 Å². The molecule has 43 heavy (non-hydrogen) atoms. The Morgan fingerprint density at radius 1 is 0.907 bits per heavy atom. The molecule has 0 atom stereocenters. The van der Waals surface area contributed by atoms with Crippen LogP contribution in [0.25, 0.3) is 22.5 Å². The van der Waals surface area contributed by atoms with Crippen LogP contribution in [0.3, 0.4) is 0 Å². The Labute approximate surface area is 247 Å². The lowest BCUT2D eigenvalue weighted by atomic mass is 9.97. The third kappa shape index (κ3) is 7.27. The van der Waals surface area contributed by atoms with Crippen LogP contribution in [0.15, 0.2) is 97.1 Å². The van der Waals surface area contributed by atoms with Crippen molar-refractivity contribution in [1.82, 2.24) is 20.6 Å². The summed E-state index contributed by atoms with van der Waals surface area (Å²) in [7, 11) is 0. The molecule has 1 aromatic heterocycles. The number of carbonyl (C=O) groups is 1. The Hall–Kier alpha value is -4.99. The summed E-state index contributed by atoms with van der Waals surface area (Å²) in [5.41, 5.74) is 3.81. The van der Waals surface area contributed by atoms with Gasteiger partial charge in [-0.25, -0.2) is 5.10 Å². The second-order valence-corrected chi connectivity index (χ2v) is 10.7. The molecule has 0 bridgehead atoms. The molecule has 0 fully saturated rings. The van der Waals surface area contributed by atoms with Gasteiger partial charge in [-0.3, -0.25) is 4.79 Å². The first-order valence-corrected chi connectivity index (χ1v) is 13.9. The maximum absolute atomic E-state index is 13.7. The normalized spacial score (nSPS) is 11.5. The van der Waals surface area contributed by atoms with Gasteiger partial charge in [-0.2, -0.15) is 13.2 Å². The molecule has 0 aliphatic heterocycles. The van der Waals surface area contributed by atoms with Gasteiger partial charge in [-0.1, -0.05) is 92.7 Å². The highest BCUT2D eigenvalue weighted by Crippen LogP contribution is 2.37. The standard InChI is InChI=1S/C33H31F3N6O/c1-22(2)20-42(21-23-10-4-3-5-11-23)30-17-16-24(26-13-7-8-14-27(26)32-38-40-41-39-32)18-29(30)37-31(43)19-25-12-6-9-15-28(25)33(34,35)36/h3-18,22H,19-21H2,1-2H3,(H,37,43)(H,38,39,40,41). The minimum absolute atomic E-state index is 0.0864. The number of rotatable bonds is 10. The van der Waals surface area contributed by atoms with Crippen molar-refractivity contribution >= 4 is 17.3 Å². The van der Waals surface area contributed by atoms with E-state index in [1.807, 2.05) is 72.8 Å². The monoisotopic (exact) mass is 584 g/mol. The van der Waals surface area contributed by atoms with Gasteiger partial charge in [0.2, 0.25) is 5.91 Å². The number of anilines is 2. The maximum atomic E-state index is 13.7. The number of alkyl halides is 3. The smallest absolute Gasteiger partial charge is 0.365 e. The van der Waals surface area contributed by atoms with Crippen LogP contribution in [0, 0.1) is 5.92 Å². The zero-order valence-corrected chi connectivity index (χ0v) is 23.8. The lowest BCUT2D eigenvalue weighted by molar-refractivity contribution is -0.138. The van der Waals surface area contributed by atoms with Crippen LogP contribution in [-0.2, 0) is 23.9 Å². The fraction of sp³-hybridized carbons (Fsp3) is 0.212. The van der Waals surface area contributed by atoms with Crippen LogP contribution in [0.4, 0.5) is 24.5 Å². The van der Waals surface area contributed by atoms with Crippen molar-refractivity contribution in [3.8, 4) is 22.5 Å². The number of aromatic nitrogens is 4. The van der Waals surface area contributed by atoms with E-state index in [1.54, 1.807) is 0 Å². The van der Waals surface area contributed by atoms with Crippen LogP contribution in [-0.4, -0.2) is 33.1 Å². The van der Waals surface area contributed by atoms with Crippen molar-refractivity contribution in [1.29, 1.82) is 0 Å². The van der Waals surface area contributed by atoms with Crippen molar-refractivity contribution in [3.63, 3.8) is 0 Å². The average Bonchev–Trinajstić information content (AvgIpc) is 3.52. The van der Waals surface area contributed by atoms with Crippen molar-refractivity contribution in [2.75, 3.05) is 16.8 Å². The number of amides is 1. The molecule has 0 radical (unpaired) electrons. The molecule has 7 nitrogen and oxygen atoms in total. The molecule has 0 saturated carbocycles. The number of H-pyrrole nitrogens is 1. The van der Waals surface area contributed by atoms with E-state index in [0.29, 0.717) is 30.5 Å². The molecule has 10 heteroatoms. The van der Waals surface area contributed by atoms with E-state index >= 15 is 0 Å². The van der Waals surface area contributed by atoms with E-state index < -0.39 is 24.1 Å². The lowest BCUT2D eigenvalue weighted by Crippen LogP contribution is -2.28. The number of nitrogens with one attached hydrogen (secondary N) is 2. The molecule has 0 unspecified atom stereocenters. The zero-order valence-electron chi connectivity index (χ0n) is 23.8. The van der Waals surface area contributed by atoms with Crippen LogP contribution < -0.4 is 10.2 Å². The van der Waals surface area contributed by atoms with Gasteiger partial charge in [0, 0.05) is 18.7 Å². The fourth-order valence-electron chi connectivity index (χ4n) is 5.11. The molecule has 0 aliphatic carbocycles. The van der Waals surface area contributed by atoms with E-state index in [9.17, 15) is 18.0 Å². The molecule has 2 N–H and O–H groups in total. The molecule has 0 spiro atoms. The number of carbonyl (C=O) groups excluding carboxylic acids is 1. The number of nitrogens with zero attached hydrogens (tertiary/aromatic N) is 4. The van der Waals surface area contributed by atoms with Gasteiger partial charge in [-0.15, -0.1) is 5.10 Å². The van der Waals surface area contributed by atoms with Crippen molar-refractivity contribution in [2.24, 2.45) is 5.92 Å². The molecular formula is C33H31F3N6O. The van der Waals surface area contributed by atoms with E-state index in [2.05, 4.69) is 44.7 Å². The van der Waals surface area contributed by atoms with E-state index in [0.717, 1.165) is 34.0 Å². The van der Waals surface area contributed by atoms with E-state index in [4.69, 9.17) is 0 Å². The molecule has 220 valence electrons. The summed E-state index contributed by atoms with van der Waals surface area (Å²) in [5.74, 6) is 0.233. The molecule has 5 aromatic rings. The van der Waals surface area contributed by atoms with Gasteiger partial charge in [0.1, 0.15) is 0 Å². The van der Waals surface area contributed by atoms with Gasteiger partial charge in [0.15, 0.2) is 5.82 Å². The van der Waals surface area contributed by atoms with Crippen LogP contribution >= 0.6 is 0 Å². The Kier molecular flexibility index (Phi) is 8.85. The predicted octanol–water partition coefficient (Wildman–Crippen LogP) is 7.40. The summed E-state index contributed by atoms with van der Waals surface area (Å²) in [6, 6.07) is 28.5. The van der Waals surface area contributed by atoms with Crippen LogP contribution in [0.1, 0.15) is 30.5 Å². The lowest BCUT2D eigenvalue weighted by Gasteiger charge is -2.29. The third-order valence-electron chi connectivity index (χ3n) is 6.93. The number of hydrogen-bond acceptors (Lipinski definition) is 5. The summed E-state index contributed by atoms with van der Waals surface area (Å²) < 4.78 is 41.0. The third-order valence-corrected chi connectivity index (χ3v) is 6.93. The SMILES string of the molecule is CC(C)CN(Cc1ccccc1)c1ccc(-c2ccccc2-c2nnn[nH]2)cc1NC(=O)Cc1ccccc1C(F)(F)F. The van der Waals surface area contributed by atoms with Gasteiger partial charge in [0.25, 0.3) is 0 Å². The van der Waals surface area contributed by atoms with Crippen LogP contribution in [0.5, 0.6) is 0 Å². The topological polar surface area (TPSA) is 86.8 Å². The number of hydrogen-bond donors (Lipinski definition) is 2. The molecule has 0 saturated heterocycles. The quantitative estimate of drug-likeness (QED) is 0.179. The average molecular weight is 585 g/mol. The molecule has 0 aliphatic rings. The van der Waals surface area contributed by atoms with Crippen LogP contribution in [0.2, 0.25) is 0 Å². The number of benzene rings is 4. The van der Waals surface area contributed by atoms with E-state index in [-0.39, 0.29) is 5.56 Å². The first-order valence-electron chi connectivity index (χ1n) is 13.9. The first-order chi connectivity index (χ1) is 20.7. The molecule has 5 rings (SSSR count). The highest BCUT2D eigenvalue weighted by Gasteiger charge is 2.33. The summed E-state index contributed by atoms with van der Waals surface area (Å²) in [6.07, 6.45) is -4.99. The Balaban J connectivity index is 1.56. The summed E-state index contributed by atoms with van der Waals surface area (Å²) in [5, 5.41) is 17.2. The Morgan fingerprint density at radius 2 is 1.60 bits per heavy atom. The largest absolute Gasteiger partial charge is 0.416 e. The highest BCUT2D eigenvalue weighted by atomic mass is 19.4. The second kappa shape index (κ2) is 12.9. The molecule has 4 aromatic carbocycles. The molecule has 1 heterocycles. The fourth-order valence-corrected chi connectivity index (χ4v) is 5.11. The second-order valence-electron chi connectivity index (χ2n) is 10.7. The molecular weight excluding hydrogens is 553 g/mol. The minimum atomic E-state index is -4.56. The number of aromatic amines is 1. The summed E-state index contributed by atoms with van der Waals surface area (Å²) in [4.78, 5) is 15.6. The zero-order chi connectivity index (χ0) is 30.4. The Bertz CT molecular complexity index is 1670. The number of tetrazole rings is 1. The Morgan fingerprint density at radius 3 is 2.30 bits per heavy atom. The van der Waals surface area contributed by atoms with Crippen molar-refractivity contribution in [3.05, 3.63) is 114 Å². The van der Waals surface area contributed by atoms with Gasteiger partial charge >= 0.3 is 6.18 Å². The van der Waals surface area contributed by atoms with Crippen molar-refractivity contribution < 1.29 is 18.0 Å². The van der Waals surface area contributed by atoms with Gasteiger partial charge in [-0.05, 0) is 56.8 Å². The van der Waals surface area contributed by atoms with Gasteiger partial charge < -0.3 is 10.2 Å². The summed E-state index contributed by atoms with van der Waals surface area (Å²) >= 11 is 0. The molecule has 1 amide bonds. The predicted molar refractivity (Wildman–Crippen MR) is 161 cm³/mol. The van der Waals surface area contributed by atoms with Gasteiger partial charge in [0.05, 0.1) is 23.4 Å².